The minimum Gasteiger partial charge on any atom is -0.369 e. The first-order valence-electron chi connectivity index (χ1n) is 9.12. The SMILES string of the molecule is NC(=O)CC1=CC=CC(c2ccnnc2)(c2ccc(-c3ccccc3)nc2)C1. The standard InChI is InChI=1S/C23H20N4O/c24-22(28)13-17-5-4-11-23(14-17,20-10-12-26-27-16-20)19-8-9-21(25-15-19)18-6-2-1-3-7-18/h1-12,15-16H,13-14H2,(H2,24,28). The van der Waals surface area contributed by atoms with Crippen LogP contribution in [0.25, 0.3) is 11.3 Å². The number of nitrogens with two attached hydrogens (primary N) is 1. The number of pyridine rings is 1. The average Bonchev–Trinajstić information content (AvgIpc) is 2.75. The number of primary amides is 1. The summed E-state index contributed by atoms with van der Waals surface area (Å²) < 4.78 is 0. The molecule has 2 N–H and O–H groups in total. The maximum atomic E-state index is 11.5. The molecule has 28 heavy (non-hydrogen) atoms. The third-order valence-electron chi connectivity index (χ3n) is 5.07. The first-order valence-corrected chi connectivity index (χ1v) is 9.12. The van der Waals surface area contributed by atoms with E-state index in [9.17, 15) is 4.79 Å². The summed E-state index contributed by atoms with van der Waals surface area (Å²) in [6.45, 7) is 0. The molecule has 5 nitrogen and oxygen atoms in total. The van der Waals surface area contributed by atoms with E-state index in [1.54, 1.807) is 12.4 Å². The van der Waals surface area contributed by atoms with E-state index in [0.717, 1.165) is 28.0 Å². The van der Waals surface area contributed by atoms with Gasteiger partial charge in [0.15, 0.2) is 0 Å². The predicted molar refractivity (Wildman–Crippen MR) is 108 cm³/mol. The number of hydrogen-bond donors (Lipinski definition) is 1. The molecule has 4 rings (SSSR count). The normalized spacial score (nSPS) is 18.5. The Morgan fingerprint density at radius 3 is 2.50 bits per heavy atom. The molecule has 1 aliphatic rings. The minimum absolute atomic E-state index is 0.236. The lowest BCUT2D eigenvalue weighted by molar-refractivity contribution is -0.117. The van der Waals surface area contributed by atoms with Crippen molar-refractivity contribution in [2.75, 3.05) is 0 Å². The molecule has 1 unspecified atom stereocenters. The summed E-state index contributed by atoms with van der Waals surface area (Å²) in [4.78, 5) is 16.2. The second-order valence-electron chi connectivity index (χ2n) is 6.90. The average molecular weight is 368 g/mol. The summed E-state index contributed by atoms with van der Waals surface area (Å²) in [6.07, 6.45) is 12.3. The zero-order valence-electron chi connectivity index (χ0n) is 15.3. The summed E-state index contributed by atoms with van der Waals surface area (Å²) in [5, 5.41) is 7.97. The Balaban J connectivity index is 1.76. The van der Waals surface area contributed by atoms with Crippen molar-refractivity contribution in [3.63, 3.8) is 0 Å². The van der Waals surface area contributed by atoms with Crippen molar-refractivity contribution in [2.24, 2.45) is 5.73 Å². The number of benzene rings is 1. The lowest BCUT2D eigenvalue weighted by Crippen LogP contribution is -2.29. The van der Waals surface area contributed by atoms with Gasteiger partial charge in [0.25, 0.3) is 0 Å². The van der Waals surface area contributed by atoms with Gasteiger partial charge in [0.2, 0.25) is 5.91 Å². The van der Waals surface area contributed by atoms with Gasteiger partial charge in [-0.2, -0.15) is 10.2 Å². The van der Waals surface area contributed by atoms with Crippen molar-refractivity contribution in [3.8, 4) is 11.3 Å². The molecule has 0 aliphatic heterocycles. The molecule has 0 fully saturated rings. The number of amides is 1. The van der Waals surface area contributed by atoms with Crippen LogP contribution in [0.4, 0.5) is 0 Å². The second kappa shape index (κ2) is 7.56. The number of carbonyl (C=O) groups excluding carboxylic acids is 1. The molecule has 0 saturated carbocycles. The van der Waals surface area contributed by atoms with E-state index in [1.807, 2.05) is 60.8 Å². The van der Waals surface area contributed by atoms with E-state index >= 15 is 0 Å². The summed E-state index contributed by atoms with van der Waals surface area (Å²) in [7, 11) is 0. The highest BCUT2D eigenvalue weighted by Gasteiger charge is 2.35. The number of allylic oxidation sites excluding steroid dienone is 3. The van der Waals surface area contributed by atoms with Crippen molar-refractivity contribution in [1.82, 2.24) is 15.2 Å². The van der Waals surface area contributed by atoms with Gasteiger partial charge in [-0.25, -0.2) is 0 Å². The molecule has 5 heteroatoms. The van der Waals surface area contributed by atoms with Crippen LogP contribution in [0.3, 0.4) is 0 Å². The molecule has 1 aromatic carbocycles. The molecule has 138 valence electrons. The molecule has 2 aromatic heterocycles. The molecule has 1 atom stereocenters. The van der Waals surface area contributed by atoms with Crippen molar-refractivity contribution in [1.29, 1.82) is 0 Å². The van der Waals surface area contributed by atoms with Crippen molar-refractivity contribution in [2.45, 2.75) is 18.3 Å². The van der Waals surface area contributed by atoms with Gasteiger partial charge in [-0.15, -0.1) is 0 Å². The minimum atomic E-state index is -0.461. The quantitative estimate of drug-likeness (QED) is 0.746. The fraction of sp³-hybridized carbons (Fsp3) is 0.130. The fourth-order valence-corrected chi connectivity index (χ4v) is 3.72. The Bertz CT molecular complexity index is 1030. The molecule has 3 aromatic rings. The maximum absolute atomic E-state index is 11.5. The highest BCUT2D eigenvalue weighted by atomic mass is 16.1. The van der Waals surface area contributed by atoms with Crippen LogP contribution in [0, 0.1) is 0 Å². The Morgan fingerprint density at radius 1 is 1.00 bits per heavy atom. The summed E-state index contributed by atoms with van der Waals surface area (Å²) in [5.74, 6) is -0.333. The Morgan fingerprint density at radius 2 is 1.82 bits per heavy atom. The molecule has 1 aliphatic carbocycles. The number of nitrogens with zero attached hydrogens (tertiary/aromatic N) is 3. The molecular weight excluding hydrogens is 348 g/mol. The number of aromatic nitrogens is 3. The van der Waals surface area contributed by atoms with E-state index in [-0.39, 0.29) is 12.3 Å². The predicted octanol–water partition coefficient (Wildman–Crippen LogP) is 3.59. The monoisotopic (exact) mass is 368 g/mol. The molecular formula is C23H20N4O. The maximum Gasteiger partial charge on any atom is 0.221 e. The fourth-order valence-electron chi connectivity index (χ4n) is 3.72. The lowest BCUT2D eigenvalue weighted by Gasteiger charge is -2.34. The van der Waals surface area contributed by atoms with Crippen molar-refractivity contribution >= 4 is 5.91 Å². The van der Waals surface area contributed by atoms with E-state index in [4.69, 9.17) is 10.7 Å². The smallest absolute Gasteiger partial charge is 0.221 e. The number of carbonyl (C=O) groups is 1. The van der Waals surface area contributed by atoms with Gasteiger partial charge in [0.05, 0.1) is 11.9 Å². The van der Waals surface area contributed by atoms with E-state index in [2.05, 4.69) is 22.3 Å². The summed E-state index contributed by atoms with van der Waals surface area (Å²) in [6, 6.07) is 16.1. The van der Waals surface area contributed by atoms with Gasteiger partial charge in [-0.05, 0) is 29.7 Å². The molecule has 2 heterocycles. The van der Waals surface area contributed by atoms with E-state index in [1.165, 1.54) is 0 Å². The highest BCUT2D eigenvalue weighted by Crippen LogP contribution is 2.42. The first kappa shape index (κ1) is 17.8. The highest BCUT2D eigenvalue weighted by molar-refractivity contribution is 5.77. The van der Waals surface area contributed by atoms with Crippen molar-refractivity contribution < 1.29 is 4.79 Å². The van der Waals surface area contributed by atoms with Gasteiger partial charge < -0.3 is 5.73 Å². The van der Waals surface area contributed by atoms with Crippen LogP contribution in [0.15, 0.2) is 90.9 Å². The Kier molecular flexibility index (Phi) is 4.81. The zero-order chi connectivity index (χ0) is 19.4. The van der Waals surface area contributed by atoms with Crippen LogP contribution < -0.4 is 5.73 Å². The van der Waals surface area contributed by atoms with Gasteiger partial charge in [-0.3, -0.25) is 9.78 Å². The number of rotatable bonds is 5. The van der Waals surface area contributed by atoms with Crippen LogP contribution in [0.1, 0.15) is 24.0 Å². The molecule has 1 amide bonds. The molecule has 0 bridgehead atoms. The van der Waals surface area contributed by atoms with Gasteiger partial charge in [-0.1, -0.05) is 60.2 Å². The third kappa shape index (κ3) is 3.47. The first-order chi connectivity index (χ1) is 13.7. The lowest BCUT2D eigenvalue weighted by atomic mass is 9.69. The third-order valence-corrected chi connectivity index (χ3v) is 5.07. The van der Waals surface area contributed by atoms with Crippen molar-refractivity contribution in [3.05, 3.63) is 102 Å². The number of hydrogen-bond acceptors (Lipinski definition) is 4. The van der Waals surface area contributed by atoms with Crippen LogP contribution in [-0.4, -0.2) is 21.1 Å². The Labute approximate surface area is 163 Å². The topological polar surface area (TPSA) is 81.8 Å². The van der Waals surface area contributed by atoms with Gasteiger partial charge in [0.1, 0.15) is 0 Å². The largest absolute Gasteiger partial charge is 0.369 e. The van der Waals surface area contributed by atoms with E-state index < -0.39 is 5.41 Å². The van der Waals surface area contributed by atoms with Gasteiger partial charge >= 0.3 is 0 Å². The van der Waals surface area contributed by atoms with Crippen LogP contribution in [0.5, 0.6) is 0 Å². The zero-order valence-corrected chi connectivity index (χ0v) is 15.3. The summed E-state index contributed by atoms with van der Waals surface area (Å²) >= 11 is 0. The van der Waals surface area contributed by atoms with Crippen LogP contribution >= 0.6 is 0 Å². The molecule has 0 spiro atoms. The Hall–Kier alpha value is -3.60. The second-order valence-corrected chi connectivity index (χ2v) is 6.90. The van der Waals surface area contributed by atoms with Crippen LogP contribution in [0.2, 0.25) is 0 Å². The molecule has 0 radical (unpaired) electrons. The summed E-state index contributed by atoms with van der Waals surface area (Å²) in [5.41, 5.74) is 9.98. The van der Waals surface area contributed by atoms with Crippen LogP contribution in [-0.2, 0) is 10.2 Å². The molecule has 0 saturated heterocycles. The van der Waals surface area contributed by atoms with Gasteiger partial charge in [0, 0.05) is 29.8 Å². The van der Waals surface area contributed by atoms with E-state index in [0.29, 0.717) is 6.42 Å².